The van der Waals surface area contributed by atoms with Gasteiger partial charge >= 0.3 is 6.03 Å². The van der Waals surface area contributed by atoms with Gasteiger partial charge in [-0.1, -0.05) is 34.1 Å². The van der Waals surface area contributed by atoms with E-state index in [4.69, 9.17) is 0 Å². The first-order chi connectivity index (χ1) is 7.63. The van der Waals surface area contributed by atoms with Gasteiger partial charge in [0.25, 0.3) is 0 Å². The number of hydrogen-bond donors (Lipinski definition) is 2. The average molecular weight is 283 g/mol. The first kappa shape index (κ1) is 12.8. The molecule has 2 amide bonds. The maximum atomic E-state index is 11.4. The molecule has 0 heterocycles. The van der Waals surface area contributed by atoms with E-state index >= 15 is 0 Å². The van der Waals surface area contributed by atoms with Gasteiger partial charge in [-0.3, -0.25) is 0 Å². The number of benzene rings is 1. The number of carbonyl (C=O) groups excluding carboxylic acids is 1. The van der Waals surface area contributed by atoms with Gasteiger partial charge in [-0.15, -0.1) is 6.58 Å². The molecule has 3 nitrogen and oxygen atoms in total. The molecule has 1 unspecified atom stereocenters. The molecule has 0 aromatic heterocycles. The van der Waals surface area contributed by atoms with E-state index in [9.17, 15) is 4.79 Å². The summed E-state index contributed by atoms with van der Waals surface area (Å²) in [4.78, 5) is 11.4. The molecule has 0 radical (unpaired) electrons. The highest BCUT2D eigenvalue weighted by Gasteiger charge is 2.08. The molecule has 2 N–H and O–H groups in total. The van der Waals surface area contributed by atoms with Crippen molar-refractivity contribution in [2.24, 2.45) is 0 Å². The van der Waals surface area contributed by atoms with Crippen LogP contribution in [0.4, 0.5) is 4.79 Å². The molecule has 0 aliphatic heterocycles. The molecular weight excluding hydrogens is 268 g/mol. The van der Waals surface area contributed by atoms with Gasteiger partial charge in [0, 0.05) is 11.0 Å². The largest absolute Gasteiger partial charge is 0.335 e. The standard InChI is InChI=1S/C12H15BrN2O/c1-3-7-14-12(16)15-9(2)10-5-4-6-11(13)8-10/h3-6,8-9H,1,7H2,2H3,(H2,14,15,16). The topological polar surface area (TPSA) is 41.1 Å². The van der Waals surface area contributed by atoms with Crippen molar-refractivity contribution in [2.75, 3.05) is 6.54 Å². The fourth-order valence-electron chi connectivity index (χ4n) is 1.27. The maximum absolute atomic E-state index is 11.4. The first-order valence-corrected chi connectivity index (χ1v) is 5.83. The Bertz CT molecular complexity index is 379. The lowest BCUT2D eigenvalue weighted by molar-refractivity contribution is 0.239. The van der Waals surface area contributed by atoms with E-state index in [1.807, 2.05) is 31.2 Å². The summed E-state index contributed by atoms with van der Waals surface area (Å²) in [7, 11) is 0. The van der Waals surface area contributed by atoms with Crippen LogP contribution in [0.5, 0.6) is 0 Å². The zero-order valence-corrected chi connectivity index (χ0v) is 10.8. The SMILES string of the molecule is C=CCNC(=O)NC(C)c1cccc(Br)c1. The minimum Gasteiger partial charge on any atom is -0.335 e. The fourth-order valence-corrected chi connectivity index (χ4v) is 1.69. The Morgan fingerprint density at radius 1 is 1.62 bits per heavy atom. The minimum atomic E-state index is -0.188. The van der Waals surface area contributed by atoms with Crippen LogP contribution in [0.3, 0.4) is 0 Å². The second-order valence-corrected chi connectivity index (χ2v) is 4.34. The van der Waals surface area contributed by atoms with Crippen molar-refractivity contribution in [3.8, 4) is 0 Å². The molecule has 0 saturated heterocycles. The van der Waals surface area contributed by atoms with Crippen LogP contribution in [0, 0.1) is 0 Å². The Balaban J connectivity index is 2.54. The summed E-state index contributed by atoms with van der Waals surface area (Å²) >= 11 is 3.40. The van der Waals surface area contributed by atoms with Crippen molar-refractivity contribution >= 4 is 22.0 Å². The maximum Gasteiger partial charge on any atom is 0.315 e. The summed E-state index contributed by atoms with van der Waals surface area (Å²) in [6.07, 6.45) is 1.64. The van der Waals surface area contributed by atoms with Gasteiger partial charge in [-0.2, -0.15) is 0 Å². The first-order valence-electron chi connectivity index (χ1n) is 5.04. The van der Waals surface area contributed by atoms with Crippen molar-refractivity contribution < 1.29 is 4.79 Å². The van der Waals surface area contributed by atoms with E-state index in [0.717, 1.165) is 10.0 Å². The van der Waals surface area contributed by atoms with Crippen molar-refractivity contribution in [3.63, 3.8) is 0 Å². The monoisotopic (exact) mass is 282 g/mol. The minimum absolute atomic E-state index is 0.0256. The van der Waals surface area contributed by atoms with Gasteiger partial charge in [-0.05, 0) is 24.6 Å². The molecule has 0 fully saturated rings. The highest BCUT2D eigenvalue weighted by Crippen LogP contribution is 2.17. The second kappa shape index (κ2) is 6.33. The molecule has 0 bridgehead atoms. The van der Waals surface area contributed by atoms with E-state index in [1.54, 1.807) is 6.08 Å². The van der Waals surface area contributed by atoms with Crippen LogP contribution in [0.1, 0.15) is 18.5 Å². The van der Waals surface area contributed by atoms with Crippen LogP contribution in [-0.2, 0) is 0 Å². The molecule has 0 saturated carbocycles. The predicted molar refractivity (Wildman–Crippen MR) is 69.3 cm³/mol. The fraction of sp³-hybridized carbons (Fsp3) is 0.250. The van der Waals surface area contributed by atoms with E-state index in [-0.39, 0.29) is 12.1 Å². The molecule has 16 heavy (non-hydrogen) atoms. The van der Waals surface area contributed by atoms with Crippen molar-refractivity contribution in [2.45, 2.75) is 13.0 Å². The lowest BCUT2D eigenvalue weighted by Crippen LogP contribution is -2.37. The summed E-state index contributed by atoms with van der Waals surface area (Å²) < 4.78 is 1.00. The van der Waals surface area contributed by atoms with Crippen LogP contribution in [-0.4, -0.2) is 12.6 Å². The molecule has 86 valence electrons. The lowest BCUT2D eigenvalue weighted by atomic mass is 10.1. The highest BCUT2D eigenvalue weighted by molar-refractivity contribution is 9.10. The number of urea groups is 1. The van der Waals surface area contributed by atoms with Crippen molar-refractivity contribution in [3.05, 3.63) is 47.0 Å². The number of rotatable bonds is 4. The number of hydrogen-bond acceptors (Lipinski definition) is 1. The molecule has 0 aliphatic rings. The summed E-state index contributed by atoms with van der Waals surface area (Å²) in [6.45, 7) is 5.94. The normalized spacial score (nSPS) is 11.6. The van der Waals surface area contributed by atoms with E-state index in [1.165, 1.54) is 0 Å². The third-order valence-corrected chi connectivity index (χ3v) is 2.60. The smallest absolute Gasteiger partial charge is 0.315 e. The van der Waals surface area contributed by atoms with Gasteiger partial charge in [-0.25, -0.2) is 4.79 Å². The zero-order valence-electron chi connectivity index (χ0n) is 9.16. The summed E-state index contributed by atoms with van der Waals surface area (Å²) in [5, 5.41) is 5.51. The third-order valence-electron chi connectivity index (χ3n) is 2.10. The molecular formula is C12H15BrN2O. The van der Waals surface area contributed by atoms with Crippen LogP contribution in [0.15, 0.2) is 41.4 Å². The van der Waals surface area contributed by atoms with Crippen LogP contribution < -0.4 is 10.6 Å². The van der Waals surface area contributed by atoms with E-state index in [0.29, 0.717) is 6.54 Å². The molecule has 1 aromatic rings. The van der Waals surface area contributed by atoms with Gasteiger partial charge in [0.1, 0.15) is 0 Å². The number of carbonyl (C=O) groups is 1. The third kappa shape index (κ3) is 4.06. The Labute approximate surface area is 104 Å². The number of amides is 2. The molecule has 1 atom stereocenters. The van der Waals surface area contributed by atoms with Crippen LogP contribution in [0.25, 0.3) is 0 Å². The van der Waals surface area contributed by atoms with Crippen LogP contribution in [0.2, 0.25) is 0 Å². The van der Waals surface area contributed by atoms with Crippen LogP contribution >= 0.6 is 15.9 Å². The molecule has 1 rings (SSSR count). The molecule has 4 heteroatoms. The van der Waals surface area contributed by atoms with Gasteiger partial charge < -0.3 is 10.6 Å². The summed E-state index contributed by atoms with van der Waals surface area (Å²) in [6, 6.07) is 7.64. The van der Waals surface area contributed by atoms with Crippen molar-refractivity contribution in [1.82, 2.24) is 10.6 Å². The lowest BCUT2D eigenvalue weighted by Gasteiger charge is -2.14. The highest BCUT2D eigenvalue weighted by atomic mass is 79.9. The average Bonchev–Trinajstić information content (AvgIpc) is 2.26. The Morgan fingerprint density at radius 2 is 2.38 bits per heavy atom. The molecule has 0 spiro atoms. The van der Waals surface area contributed by atoms with Gasteiger partial charge in [0.05, 0.1) is 6.04 Å². The zero-order chi connectivity index (χ0) is 12.0. The van der Waals surface area contributed by atoms with Gasteiger partial charge in [0.15, 0.2) is 0 Å². The number of halogens is 1. The van der Waals surface area contributed by atoms with E-state index in [2.05, 4.69) is 33.1 Å². The summed E-state index contributed by atoms with van der Waals surface area (Å²) in [5.41, 5.74) is 1.06. The quantitative estimate of drug-likeness (QED) is 0.819. The summed E-state index contributed by atoms with van der Waals surface area (Å²) in [5.74, 6) is 0. The Kier molecular flexibility index (Phi) is 5.05. The second-order valence-electron chi connectivity index (χ2n) is 3.42. The molecule has 1 aromatic carbocycles. The van der Waals surface area contributed by atoms with Crippen molar-refractivity contribution in [1.29, 1.82) is 0 Å². The number of nitrogens with one attached hydrogen (secondary N) is 2. The Morgan fingerprint density at radius 3 is 3.00 bits per heavy atom. The van der Waals surface area contributed by atoms with Gasteiger partial charge in [0.2, 0.25) is 0 Å². The Hall–Kier alpha value is -1.29. The predicted octanol–water partition coefficient (Wildman–Crippen LogP) is 3.00. The molecule has 0 aliphatic carbocycles. The van der Waals surface area contributed by atoms with E-state index < -0.39 is 0 Å².